The van der Waals surface area contributed by atoms with E-state index in [2.05, 4.69) is 27.4 Å². The van der Waals surface area contributed by atoms with E-state index in [1.165, 1.54) is 35.0 Å². The molecule has 0 saturated heterocycles. The molecule has 2 rings (SSSR count). The van der Waals surface area contributed by atoms with Gasteiger partial charge in [0.1, 0.15) is 0 Å². The fourth-order valence-electron chi connectivity index (χ4n) is 2.04. The Morgan fingerprint density at radius 3 is 2.92 bits per heavy atom. The quantitative estimate of drug-likeness (QED) is 0.868. The summed E-state index contributed by atoms with van der Waals surface area (Å²) in [6.45, 7) is 0. The van der Waals surface area contributed by atoms with Gasteiger partial charge < -0.3 is 5.73 Å². The number of nitrogens with two attached hydrogens (primary N) is 1. The first-order chi connectivity index (χ1) is 6.25. The van der Waals surface area contributed by atoms with Crippen molar-refractivity contribution in [3.63, 3.8) is 0 Å². The Balaban J connectivity index is 1.97. The summed E-state index contributed by atoms with van der Waals surface area (Å²) in [5, 5.41) is 2.15. The van der Waals surface area contributed by atoms with Gasteiger partial charge >= 0.3 is 0 Å². The lowest BCUT2D eigenvalue weighted by Crippen LogP contribution is -2.25. The average molecular weight is 260 g/mol. The summed E-state index contributed by atoms with van der Waals surface area (Å²) in [5.74, 6) is 0.727. The third kappa shape index (κ3) is 2.33. The van der Waals surface area contributed by atoms with Crippen molar-refractivity contribution in [1.29, 1.82) is 0 Å². The van der Waals surface area contributed by atoms with Crippen molar-refractivity contribution in [2.45, 2.75) is 31.7 Å². The topological polar surface area (TPSA) is 26.0 Å². The van der Waals surface area contributed by atoms with Crippen LogP contribution in [0.4, 0.5) is 0 Å². The first kappa shape index (κ1) is 9.69. The zero-order valence-electron chi connectivity index (χ0n) is 7.50. The van der Waals surface area contributed by atoms with Crippen molar-refractivity contribution >= 4 is 27.3 Å². The van der Waals surface area contributed by atoms with Crippen LogP contribution in [-0.4, -0.2) is 6.04 Å². The van der Waals surface area contributed by atoms with Gasteiger partial charge in [-0.05, 0) is 47.2 Å². The molecule has 2 N–H and O–H groups in total. The first-order valence-corrected chi connectivity index (χ1v) is 6.41. The van der Waals surface area contributed by atoms with Crippen LogP contribution in [0.1, 0.15) is 24.1 Å². The van der Waals surface area contributed by atoms with E-state index < -0.39 is 0 Å². The predicted molar refractivity (Wildman–Crippen MR) is 61.0 cm³/mol. The molecule has 0 spiro atoms. The Bertz CT molecular complexity index is 284. The van der Waals surface area contributed by atoms with E-state index in [-0.39, 0.29) is 0 Å². The summed E-state index contributed by atoms with van der Waals surface area (Å²) < 4.78 is 1.21. The zero-order valence-corrected chi connectivity index (χ0v) is 9.90. The summed E-state index contributed by atoms with van der Waals surface area (Å²) in [5.41, 5.74) is 6.03. The monoisotopic (exact) mass is 259 g/mol. The molecule has 1 aromatic rings. The van der Waals surface area contributed by atoms with E-state index in [9.17, 15) is 0 Å². The van der Waals surface area contributed by atoms with Gasteiger partial charge in [0.05, 0.1) is 0 Å². The van der Waals surface area contributed by atoms with Crippen LogP contribution < -0.4 is 5.73 Å². The molecule has 0 amide bonds. The smallest absolute Gasteiger partial charge is 0.0285 e. The van der Waals surface area contributed by atoms with Gasteiger partial charge in [-0.2, -0.15) is 0 Å². The van der Waals surface area contributed by atoms with E-state index in [0.717, 1.165) is 5.92 Å². The van der Waals surface area contributed by atoms with Crippen molar-refractivity contribution in [2.24, 2.45) is 11.7 Å². The molecule has 72 valence electrons. The molecule has 3 heteroatoms. The second-order valence-corrected chi connectivity index (χ2v) is 5.70. The molecule has 2 unspecified atom stereocenters. The molecule has 0 aliphatic heterocycles. The Morgan fingerprint density at radius 2 is 2.38 bits per heavy atom. The molecule has 1 fully saturated rings. The highest BCUT2D eigenvalue weighted by atomic mass is 79.9. The minimum Gasteiger partial charge on any atom is -0.327 e. The normalized spacial score (nSPS) is 28.2. The maximum absolute atomic E-state index is 6.03. The Labute approximate surface area is 91.5 Å². The Hall–Kier alpha value is 0.140. The summed E-state index contributed by atoms with van der Waals surface area (Å²) in [6.07, 6.45) is 5.03. The summed E-state index contributed by atoms with van der Waals surface area (Å²) >= 11 is 5.31. The largest absolute Gasteiger partial charge is 0.327 e. The van der Waals surface area contributed by atoms with Crippen molar-refractivity contribution in [2.75, 3.05) is 0 Å². The third-order valence-corrected chi connectivity index (χ3v) is 4.52. The van der Waals surface area contributed by atoms with Crippen LogP contribution >= 0.6 is 27.3 Å². The van der Waals surface area contributed by atoms with Gasteiger partial charge in [0.2, 0.25) is 0 Å². The van der Waals surface area contributed by atoms with Gasteiger partial charge in [0.15, 0.2) is 0 Å². The number of rotatable bonds is 2. The molecule has 2 atom stereocenters. The molecule has 1 aromatic heterocycles. The molecule has 1 saturated carbocycles. The van der Waals surface area contributed by atoms with Gasteiger partial charge in [0.25, 0.3) is 0 Å². The molecule has 1 heterocycles. The van der Waals surface area contributed by atoms with Crippen molar-refractivity contribution < 1.29 is 0 Å². The van der Waals surface area contributed by atoms with Crippen LogP contribution in [0, 0.1) is 5.92 Å². The van der Waals surface area contributed by atoms with E-state index in [1.54, 1.807) is 0 Å². The number of hydrogen-bond donors (Lipinski definition) is 1. The Kier molecular flexibility index (Phi) is 3.06. The predicted octanol–water partition coefficient (Wildman–Crippen LogP) is 3.18. The summed E-state index contributed by atoms with van der Waals surface area (Å²) in [6, 6.07) is 2.66. The van der Waals surface area contributed by atoms with Crippen molar-refractivity contribution in [1.82, 2.24) is 0 Å². The fraction of sp³-hybridized carbons (Fsp3) is 0.600. The highest BCUT2D eigenvalue weighted by Gasteiger charge is 2.24. The van der Waals surface area contributed by atoms with Gasteiger partial charge in [-0.15, -0.1) is 11.3 Å². The number of halogens is 1. The van der Waals surface area contributed by atoms with Crippen LogP contribution in [0.15, 0.2) is 15.9 Å². The van der Waals surface area contributed by atoms with Crippen molar-refractivity contribution in [3.8, 4) is 0 Å². The average Bonchev–Trinajstić information content (AvgIpc) is 2.64. The molecule has 1 nitrogen and oxygen atoms in total. The van der Waals surface area contributed by atoms with Crippen LogP contribution in [0.25, 0.3) is 0 Å². The van der Waals surface area contributed by atoms with E-state index in [1.807, 2.05) is 11.3 Å². The molecule has 1 aliphatic rings. The van der Waals surface area contributed by atoms with Gasteiger partial charge in [0, 0.05) is 20.8 Å². The molecule has 13 heavy (non-hydrogen) atoms. The number of thiophene rings is 1. The minimum absolute atomic E-state index is 0.445. The third-order valence-electron chi connectivity index (χ3n) is 2.80. The number of hydrogen-bond acceptors (Lipinski definition) is 2. The second-order valence-electron chi connectivity index (χ2n) is 3.79. The minimum atomic E-state index is 0.445. The standard InChI is InChI=1S/C10H14BrNS/c11-8-5-9(13-6-8)4-7-2-1-3-10(7)12/h5-7,10H,1-4,12H2. The van der Waals surface area contributed by atoms with E-state index in [4.69, 9.17) is 5.73 Å². The molecule has 0 bridgehead atoms. The SMILES string of the molecule is NC1CCCC1Cc1cc(Br)cs1. The van der Waals surface area contributed by atoms with E-state index in [0.29, 0.717) is 6.04 Å². The lowest BCUT2D eigenvalue weighted by molar-refractivity contribution is 0.482. The summed E-state index contributed by atoms with van der Waals surface area (Å²) in [4.78, 5) is 1.47. The highest BCUT2D eigenvalue weighted by Crippen LogP contribution is 2.30. The van der Waals surface area contributed by atoms with Gasteiger partial charge in [-0.25, -0.2) is 0 Å². The van der Waals surface area contributed by atoms with E-state index >= 15 is 0 Å². The van der Waals surface area contributed by atoms with Crippen LogP contribution in [0.2, 0.25) is 0 Å². The molecule has 0 radical (unpaired) electrons. The molecule has 1 aliphatic carbocycles. The first-order valence-electron chi connectivity index (χ1n) is 4.74. The van der Waals surface area contributed by atoms with Gasteiger partial charge in [-0.1, -0.05) is 6.42 Å². The van der Waals surface area contributed by atoms with Crippen LogP contribution in [-0.2, 0) is 6.42 Å². The maximum Gasteiger partial charge on any atom is 0.0285 e. The van der Waals surface area contributed by atoms with Crippen LogP contribution in [0.3, 0.4) is 0 Å². The lowest BCUT2D eigenvalue weighted by atomic mass is 9.99. The fourth-order valence-corrected chi connectivity index (χ4v) is 3.58. The zero-order chi connectivity index (χ0) is 9.26. The maximum atomic E-state index is 6.03. The molecule has 0 aromatic carbocycles. The Morgan fingerprint density at radius 1 is 1.54 bits per heavy atom. The van der Waals surface area contributed by atoms with Gasteiger partial charge in [-0.3, -0.25) is 0 Å². The van der Waals surface area contributed by atoms with Crippen LogP contribution in [0.5, 0.6) is 0 Å². The second kappa shape index (κ2) is 4.11. The van der Waals surface area contributed by atoms with Crippen molar-refractivity contribution in [3.05, 3.63) is 20.8 Å². The highest BCUT2D eigenvalue weighted by molar-refractivity contribution is 9.10. The summed E-state index contributed by atoms with van der Waals surface area (Å²) in [7, 11) is 0. The molecular weight excluding hydrogens is 246 g/mol. The lowest BCUT2D eigenvalue weighted by Gasteiger charge is -2.13. The molecular formula is C10H14BrNS.